The minimum atomic E-state index is 0. The number of methoxy groups -OCH3 is 1. The molecule has 8 heteroatoms. The molecule has 2 N–H and O–H groups in total. The second-order valence-corrected chi connectivity index (χ2v) is 8.76. The summed E-state index contributed by atoms with van der Waals surface area (Å²) in [5.74, 6) is 1.69. The van der Waals surface area contributed by atoms with Crippen molar-refractivity contribution in [2.24, 2.45) is 4.99 Å². The minimum Gasteiger partial charge on any atom is -0.491 e. The summed E-state index contributed by atoms with van der Waals surface area (Å²) in [6, 6.07) is 6.27. The molecule has 172 valence electrons. The van der Waals surface area contributed by atoms with Gasteiger partial charge < -0.3 is 20.1 Å². The highest BCUT2D eigenvalue weighted by Crippen LogP contribution is 2.27. The van der Waals surface area contributed by atoms with Crippen LogP contribution in [0.2, 0.25) is 0 Å². The van der Waals surface area contributed by atoms with E-state index in [1.165, 1.54) is 40.4 Å². The Hall–Kier alpha value is -1.39. The van der Waals surface area contributed by atoms with E-state index in [1.807, 2.05) is 11.3 Å². The first-order chi connectivity index (χ1) is 14.7. The number of benzene rings is 1. The van der Waals surface area contributed by atoms with Crippen LogP contribution in [0.4, 0.5) is 0 Å². The molecule has 1 aliphatic rings. The van der Waals surface area contributed by atoms with Gasteiger partial charge in [0.25, 0.3) is 0 Å². The molecule has 3 rings (SSSR count). The summed E-state index contributed by atoms with van der Waals surface area (Å²) in [5, 5.41) is 8.08. The molecule has 0 bridgehead atoms. The van der Waals surface area contributed by atoms with E-state index in [-0.39, 0.29) is 24.0 Å². The van der Waals surface area contributed by atoms with E-state index in [0.29, 0.717) is 19.8 Å². The first kappa shape index (κ1) is 25.9. The quantitative estimate of drug-likeness (QED) is 0.197. The van der Waals surface area contributed by atoms with Crippen molar-refractivity contribution in [1.82, 2.24) is 15.6 Å². The lowest BCUT2D eigenvalue weighted by molar-refractivity contribution is 0.145. The van der Waals surface area contributed by atoms with E-state index in [2.05, 4.69) is 40.7 Å². The van der Waals surface area contributed by atoms with Gasteiger partial charge in [-0.25, -0.2) is 4.98 Å². The van der Waals surface area contributed by atoms with Crippen molar-refractivity contribution < 1.29 is 9.47 Å². The zero-order valence-electron chi connectivity index (χ0n) is 18.8. The van der Waals surface area contributed by atoms with Crippen molar-refractivity contribution in [3.05, 3.63) is 44.9 Å². The number of aryl methyl sites for hydroxylation is 4. The zero-order chi connectivity index (χ0) is 21.2. The van der Waals surface area contributed by atoms with E-state index >= 15 is 0 Å². The summed E-state index contributed by atoms with van der Waals surface area (Å²) >= 11 is 1.91. The Labute approximate surface area is 207 Å². The molecular formula is C23H35IN4O2S. The number of thiazole rings is 1. The Morgan fingerprint density at radius 3 is 2.81 bits per heavy atom. The van der Waals surface area contributed by atoms with Crippen molar-refractivity contribution in [3.63, 3.8) is 0 Å². The van der Waals surface area contributed by atoms with Gasteiger partial charge in [-0.1, -0.05) is 12.1 Å². The normalized spacial score (nSPS) is 13.3. The minimum absolute atomic E-state index is 0. The third kappa shape index (κ3) is 8.23. The molecule has 6 nitrogen and oxygen atoms in total. The summed E-state index contributed by atoms with van der Waals surface area (Å²) in [6.07, 6.45) is 7.06. The molecule has 31 heavy (non-hydrogen) atoms. The van der Waals surface area contributed by atoms with E-state index in [1.54, 1.807) is 14.2 Å². The number of fused-ring (bicyclic) bond motifs is 1. The van der Waals surface area contributed by atoms with E-state index in [0.717, 1.165) is 43.1 Å². The van der Waals surface area contributed by atoms with Crippen LogP contribution >= 0.6 is 35.3 Å². The lowest BCUT2D eigenvalue weighted by Gasteiger charge is -2.15. The van der Waals surface area contributed by atoms with Crippen LogP contribution in [-0.2, 0) is 30.5 Å². The fourth-order valence-electron chi connectivity index (χ4n) is 3.54. The van der Waals surface area contributed by atoms with Crippen LogP contribution in [0.3, 0.4) is 0 Å². The van der Waals surface area contributed by atoms with Crippen LogP contribution in [0, 0.1) is 6.92 Å². The molecule has 1 aromatic carbocycles. The molecule has 0 unspecified atom stereocenters. The molecule has 0 aliphatic heterocycles. The van der Waals surface area contributed by atoms with Gasteiger partial charge in [-0.2, -0.15) is 0 Å². The number of nitrogens with one attached hydrogen (secondary N) is 2. The predicted octanol–water partition coefficient (Wildman–Crippen LogP) is 4.27. The topological polar surface area (TPSA) is 67.8 Å². The van der Waals surface area contributed by atoms with Crippen LogP contribution in [-0.4, -0.2) is 44.9 Å². The van der Waals surface area contributed by atoms with Crippen molar-refractivity contribution in [3.8, 4) is 5.75 Å². The maximum Gasteiger partial charge on any atom is 0.191 e. The number of nitrogens with zero attached hydrogens (tertiary/aromatic N) is 2. The summed E-state index contributed by atoms with van der Waals surface area (Å²) in [5.41, 5.74) is 3.64. The van der Waals surface area contributed by atoms with Gasteiger partial charge in [0.15, 0.2) is 5.96 Å². The van der Waals surface area contributed by atoms with Gasteiger partial charge in [0.05, 0.1) is 17.3 Å². The van der Waals surface area contributed by atoms with Crippen molar-refractivity contribution in [1.29, 1.82) is 0 Å². The molecule has 0 saturated heterocycles. The maximum atomic E-state index is 5.88. The highest BCUT2D eigenvalue weighted by molar-refractivity contribution is 14.0. The highest BCUT2D eigenvalue weighted by atomic mass is 127. The first-order valence-electron chi connectivity index (χ1n) is 10.8. The fraction of sp³-hybridized carbons (Fsp3) is 0.565. The third-order valence-electron chi connectivity index (χ3n) is 5.19. The van der Waals surface area contributed by atoms with E-state index in [4.69, 9.17) is 14.5 Å². The van der Waals surface area contributed by atoms with Gasteiger partial charge in [0.2, 0.25) is 0 Å². The Morgan fingerprint density at radius 2 is 2.03 bits per heavy atom. The SMILES string of the molecule is CN=C(NCCCc1nc2c(s1)CCCC2)NCc1ccc(C)cc1OCCOC.I. The monoisotopic (exact) mass is 558 g/mol. The van der Waals surface area contributed by atoms with Crippen LogP contribution in [0.5, 0.6) is 5.75 Å². The molecule has 0 spiro atoms. The van der Waals surface area contributed by atoms with Gasteiger partial charge in [0.1, 0.15) is 12.4 Å². The van der Waals surface area contributed by atoms with E-state index < -0.39 is 0 Å². The summed E-state index contributed by atoms with van der Waals surface area (Å²) in [7, 11) is 3.48. The molecule has 0 fully saturated rings. The average Bonchev–Trinajstić information content (AvgIpc) is 3.17. The molecule has 1 heterocycles. The van der Waals surface area contributed by atoms with E-state index in [9.17, 15) is 0 Å². The van der Waals surface area contributed by atoms with Gasteiger partial charge in [0, 0.05) is 44.1 Å². The number of aromatic nitrogens is 1. The Bertz CT molecular complexity index is 817. The number of hydrogen-bond acceptors (Lipinski definition) is 5. The molecule has 1 aromatic heterocycles. The number of guanidine groups is 1. The Morgan fingerprint density at radius 1 is 1.19 bits per heavy atom. The summed E-state index contributed by atoms with van der Waals surface area (Å²) in [4.78, 5) is 10.7. The molecule has 1 aliphatic carbocycles. The van der Waals surface area contributed by atoms with Gasteiger partial charge >= 0.3 is 0 Å². The second-order valence-electron chi connectivity index (χ2n) is 7.59. The smallest absolute Gasteiger partial charge is 0.191 e. The number of ether oxygens (including phenoxy) is 2. The van der Waals surface area contributed by atoms with Gasteiger partial charge in [-0.05, 0) is 50.7 Å². The molecule has 0 saturated carbocycles. The van der Waals surface area contributed by atoms with Crippen LogP contribution in [0.1, 0.15) is 46.0 Å². The van der Waals surface area contributed by atoms with Crippen molar-refractivity contribution >= 4 is 41.3 Å². The van der Waals surface area contributed by atoms with Crippen LogP contribution in [0.15, 0.2) is 23.2 Å². The summed E-state index contributed by atoms with van der Waals surface area (Å²) < 4.78 is 11.0. The van der Waals surface area contributed by atoms with Gasteiger partial charge in [-0.3, -0.25) is 4.99 Å². The first-order valence-corrected chi connectivity index (χ1v) is 11.6. The Kier molecular flexibility index (Phi) is 11.6. The second kappa shape index (κ2) is 13.9. The maximum absolute atomic E-state index is 5.88. The highest BCUT2D eigenvalue weighted by Gasteiger charge is 2.14. The number of aliphatic imine (C=N–C) groups is 1. The zero-order valence-corrected chi connectivity index (χ0v) is 22.0. The molecular weight excluding hydrogens is 523 g/mol. The molecule has 0 amide bonds. The van der Waals surface area contributed by atoms with Crippen molar-refractivity contribution in [2.45, 2.75) is 52.0 Å². The predicted molar refractivity (Wildman–Crippen MR) is 139 cm³/mol. The fourth-order valence-corrected chi connectivity index (χ4v) is 4.73. The van der Waals surface area contributed by atoms with Crippen LogP contribution in [0.25, 0.3) is 0 Å². The average molecular weight is 559 g/mol. The lowest BCUT2D eigenvalue weighted by atomic mass is 10.0. The van der Waals surface area contributed by atoms with Crippen LogP contribution < -0.4 is 15.4 Å². The number of halogens is 1. The number of hydrogen-bond donors (Lipinski definition) is 2. The molecule has 2 aromatic rings. The molecule has 0 radical (unpaired) electrons. The summed E-state index contributed by atoms with van der Waals surface area (Å²) in [6.45, 7) is 4.71. The lowest BCUT2D eigenvalue weighted by Crippen LogP contribution is -2.37. The number of rotatable bonds is 10. The Balaban J connectivity index is 0.00000341. The largest absolute Gasteiger partial charge is 0.491 e. The molecule has 0 atom stereocenters. The van der Waals surface area contributed by atoms with Crippen molar-refractivity contribution in [2.75, 3.05) is 33.9 Å². The standard InChI is InChI=1S/C23H34N4O2S.HI/c1-17-10-11-18(20(15-17)29-14-13-28-3)16-26-23(24-2)25-12-6-9-22-27-19-7-4-5-8-21(19)30-22;/h10-11,15H,4-9,12-14,16H2,1-3H3,(H2,24,25,26);1H. The van der Waals surface area contributed by atoms with Gasteiger partial charge in [-0.15, -0.1) is 35.3 Å². The third-order valence-corrected chi connectivity index (χ3v) is 6.40.